The molecule has 0 radical (unpaired) electrons. The van der Waals surface area contributed by atoms with Gasteiger partial charge in [-0.3, -0.25) is 0 Å². The van der Waals surface area contributed by atoms with E-state index in [2.05, 4.69) is 54.6 Å². The van der Waals surface area contributed by atoms with Crippen molar-refractivity contribution in [3.8, 4) is 11.1 Å². The van der Waals surface area contributed by atoms with Crippen LogP contribution in [0.25, 0.3) is 32.0 Å². The van der Waals surface area contributed by atoms with E-state index in [4.69, 9.17) is 10.5 Å². The first-order valence-corrected chi connectivity index (χ1v) is 12.0. The topological polar surface area (TPSA) is 52.3 Å². The molecule has 1 fully saturated rings. The van der Waals surface area contributed by atoms with E-state index in [1.165, 1.54) is 53.1 Å². The minimum atomic E-state index is -0.260. The number of carbonyl (C=O) groups is 1. The average Bonchev–Trinajstić information content (AvgIpc) is 3.45. The Bertz CT molecular complexity index is 1260. The second-order valence-corrected chi connectivity index (χ2v) is 9.41. The number of benzene rings is 3. The van der Waals surface area contributed by atoms with Gasteiger partial charge in [-0.15, -0.1) is 11.3 Å². The van der Waals surface area contributed by atoms with E-state index in [9.17, 15) is 4.79 Å². The largest absolute Gasteiger partial charge is 0.462 e. The van der Waals surface area contributed by atoms with Crippen LogP contribution in [0.15, 0.2) is 54.6 Å². The maximum atomic E-state index is 12.8. The number of carbonyl (C=O) groups excluding carboxylic acids is 1. The van der Waals surface area contributed by atoms with Crippen LogP contribution < -0.4 is 5.73 Å². The number of hydrogen-bond acceptors (Lipinski definition) is 4. The maximum Gasteiger partial charge on any atom is 0.339 e. The normalized spacial score (nSPS) is 14.5. The fourth-order valence-electron chi connectivity index (χ4n) is 5.05. The molecule has 1 heterocycles. The quantitative estimate of drug-likeness (QED) is 0.347. The van der Waals surface area contributed by atoms with E-state index in [1.54, 1.807) is 11.3 Å². The summed E-state index contributed by atoms with van der Waals surface area (Å²) in [5, 5.41) is 3.51. The zero-order valence-corrected chi connectivity index (χ0v) is 18.6. The van der Waals surface area contributed by atoms with Crippen molar-refractivity contribution in [2.75, 3.05) is 6.61 Å². The van der Waals surface area contributed by atoms with E-state index in [-0.39, 0.29) is 5.97 Å². The van der Waals surface area contributed by atoms with Gasteiger partial charge in [-0.05, 0) is 65.3 Å². The summed E-state index contributed by atoms with van der Waals surface area (Å²) in [6.07, 6.45) is 4.93. The molecule has 1 aliphatic rings. The van der Waals surface area contributed by atoms with Gasteiger partial charge < -0.3 is 10.5 Å². The zero-order valence-electron chi connectivity index (χ0n) is 17.8. The molecule has 1 saturated carbocycles. The maximum absolute atomic E-state index is 12.8. The first-order chi connectivity index (χ1) is 15.2. The van der Waals surface area contributed by atoms with Gasteiger partial charge in [0, 0.05) is 21.5 Å². The third-order valence-corrected chi connectivity index (χ3v) is 7.65. The molecule has 2 N–H and O–H groups in total. The van der Waals surface area contributed by atoms with Crippen LogP contribution in [0.1, 0.15) is 59.3 Å². The Morgan fingerprint density at radius 3 is 2.58 bits per heavy atom. The van der Waals surface area contributed by atoms with Crippen LogP contribution in [0.5, 0.6) is 0 Å². The number of ether oxygens (including phenoxy) is 1. The molecule has 1 aromatic heterocycles. The Kier molecular flexibility index (Phi) is 5.51. The van der Waals surface area contributed by atoms with Crippen molar-refractivity contribution in [1.82, 2.24) is 0 Å². The average molecular weight is 430 g/mol. The third-order valence-electron chi connectivity index (χ3n) is 6.47. The molecular weight excluding hydrogens is 402 g/mol. The summed E-state index contributed by atoms with van der Waals surface area (Å²) in [6.45, 7) is 2.55. The van der Waals surface area contributed by atoms with Crippen molar-refractivity contribution in [2.45, 2.75) is 45.1 Å². The third kappa shape index (κ3) is 3.54. The highest BCUT2D eigenvalue weighted by Gasteiger charge is 2.26. The number of rotatable bonds is 5. The summed E-state index contributed by atoms with van der Waals surface area (Å²) in [4.78, 5) is 13.7. The van der Waals surface area contributed by atoms with Gasteiger partial charge in [0.25, 0.3) is 0 Å². The zero-order chi connectivity index (χ0) is 21.4. The highest BCUT2D eigenvalue weighted by molar-refractivity contribution is 7.19. The van der Waals surface area contributed by atoms with Crippen LogP contribution >= 0.6 is 11.3 Å². The summed E-state index contributed by atoms with van der Waals surface area (Å²) in [7, 11) is 0. The molecule has 158 valence electrons. The molecule has 4 heteroatoms. The molecule has 0 amide bonds. The second kappa shape index (κ2) is 8.45. The number of esters is 1. The summed E-state index contributed by atoms with van der Waals surface area (Å²) in [5.74, 6) is 0.263. The molecule has 0 bridgehead atoms. The smallest absolute Gasteiger partial charge is 0.339 e. The van der Waals surface area contributed by atoms with E-state index < -0.39 is 0 Å². The summed E-state index contributed by atoms with van der Waals surface area (Å²) < 4.78 is 6.49. The van der Waals surface area contributed by atoms with Crippen molar-refractivity contribution in [3.63, 3.8) is 0 Å². The highest BCUT2D eigenvalue weighted by atomic mass is 32.1. The number of nitrogens with two attached hydrogens (primary N) is 1. The molecule has 4 aromatic rings. The van der Waals surface area contributed by atoms with Gasteiger partial charge >= 0.3 is 5.97 Å². The van der Waals surface area contributed by atoms with Crippen LogP contribution in [0.2, 0.25) is 0 Å². The molecule has 5 rings (SSSR count). The van der Waals surface area contributed by atoms with E-state index in [0.29, 0.717) is 24.6 Å². The molecule has 0 saturated heterocycles. The molecule has 31 heavy (non-hydrogen) atoms. The lowest BCUT2D eigenvalue weighted by atomic mass is 9.86. The van der Waals surface area contributed by atoms with Crippen molar-refractivity contribution in [2.24, 2.45) is 5.73 Å². The summed E-state index contributed by atoms with van der Waals surface area (Å²) in [6, 6.07) is 19.7. The van der Waals surface area contributed by atoms with Crippen LogP contribution in [0.4, 0.5) is 0 Å². The molecule has 0 atom stereocenters. The van der Waals surface area contributed by atoms with Gasteiger partial charge in [0.2, 0.25) is 0 Å². The van der Waals surface area contributed by atoms with Gasteiger partial charge in [0.15, 0.2) is 0 Å². The minimum absolute atomic E-state index is 0.260. The van der Waals surface area contributed by atoms with Crippen LogP contribution in [-0.4, -0.2) is 12.6 Å². The van der Waals surface area contributed by atoms with Gasteiger partial charge in [0.1, 0.15) is 0 Å². The molecule has 3 nitrogen and oxygen atoms in total. The molecule has 0 spiro atoms. The Balaban J connectivity index is 1.80. The predicted molar refractivity (Wildman–Crippen MR) is 130 cm³/mol. The molecule has 0 unspecified atom stereocenters. The first kappa shape index (κ1) is 20.2. The van der Waals surface area contributed by atoms with Gasteiger partial charge in [-0.2, -0.15) is 0 Å². The highest BCUT2D eigenvalue weighted by Crippen LogP contribution is 2.45. The fraction of sp³-hybridized carbons (Fsp3) is 0.296. The van der Waals surface area contributed by atoms with Crippen molar-refractivity contribution in [3.05, 3.63) is 70.6 Å². The summed E-state index contributed by atoms with van der Waals surface area (Å²) >= 11 is 1.62. The molecule has 0 aliphatic heterocycles. The Labute approximate surface area is 186 Å². The van der Waals surface area contributed by atoms with Crippen LogP contribution in [0, 0.1) is 0 Å². The van der Waals surface area contributed by atoms with E-state index >= 15 is 0 Å². The van der Waals surface area contributed by atoms with E-state index in [1.807, 2.05) is 6.92 Å². The standard InChI is InChI=1S/C27H27NO2S/c1-2-30-27(29)26-23-14-21(18-9-3-4-10-18)22(15-24(23)31-25(26)16-28)20-13-7-11-17-8-5-6-12-19(17)20/h5-8,11-15,18H,2-4,9-10,16,28H2,1H3. The Morgan fingerprint density at radius 1 is 1.03 bits per heavy atom. The van der Waals surface area contributed by atoms with Gasteiger partial charge in [-0.1, -0.05) is 55.3 Å². The lowest BCUT2D eigenvalue weighted by Gasteiger charge is -2.18. The number of fused-ring (bicyclic) bond motifs is 2. The van der Waals surface area contributed by atoms with Crippen molar-refractivity contribution >= 4 is 38.2 Å². The lowest BCUT2D eigenvalue weighted by Crippen LogP contribution is -2.08. The first-order valence-electron chi connectivity index (χ1n) is 11.2. The Hall–Kier alpha value is -2.69. The molecule has 3 aromatic carbocycles. The van der Waals surface area contributed by atoms with Crippen LogP contribution in [-0.2, 0) is 11.3 Å². The Morgan fingerprint density at radius 2 is 1.81 bits per heavy atom. The van der Waals surface area contributed by atoms with Crippen LogP contribution in [0.3, 0.4) is 0 Å². The molecular formula is C27H27NO2S. The molecule has 1 aliphatic carbocycles. The number of thiophene rings is 1. The van der Waals surface area contributed by atoms with Crippen molar-refractivity contribution < 1.29 is 9.53 Å². The summed E-state index contributed by atoms with van der Waals surface area (Å²) in [5.41, 5.74) is 10.6. The minimum Gasteiger partial charge on any atom is -0.462 e. The number of hydrogen-bond donors (Lipinski definition) is 1. The van der Waals surface area contributed by atoms with Crippen molar-refractivity contribution in [1.29, 1.82) is 0 Å². The monoisotopic (exact) mass is 429 g/mol. The fourth-order valence-corrected chi connectivity index (χ4v) is 6.14. The van der Waals surface area contributed by atoms with E-state index in [0.717, 1.165) is 15.0 Å². The lowest BCUT2D eigenvalue weighted by molar-refractivity contribution is 0.0528. The van der Waals surface area contributed by atoms with Gasteiger partial charge in [0.05, 0.1) is 12.2 Å². The second-order valence-electron chi connectivity index (χ2n) is 8.27. The van der Waals surface area contributed by atoms with Gasteiger partial charge in [-0.25, -0.2) is 4.79 Å². The SMILES string of the molecule is CCOC(=O)c1c(CN)sc2cc(-c3cccc4ccccc34)c(C3CCCC3)cc12. The predicted octanol–water partition coefficient (Wildman–Crippen LogP) is 7.01.